The number of hydrogen-bond acceptors (Lipinski definition) is 5. The van der Waals surface area contributed by atoms with Gasteiger partial charge in [0, 0.05) is 19.3 Å². The standard InChI is InChI=1S/C28H28N2O5S/c1-4-15-30(3)36(32,33)23-10-6-20(7-11-23)24-17-22(9-5-19(24)2)29-27(31)28(13-14-28)21-8-12-25-26(16-21)35-18-34-25/h4-12,16-17H,1,13-15,18H2,2-3H3,(H,29,31). The molecule has 3 aromatic carbocycles. The van der Waals surface area contributed by atoms with Crippen LogP contribution in [0.2, 0.25) is 0 Å². The van der Waals surface area contributed by atoms with Gasteiger partial charge in [0.1, 0.15) is 0 Å². The van der Waals surface area contributed by atoms with Crippen molar-refractivity contribution in [1.82, 2.24) is 4.31 Å². The van der Waals surface area contributed by atoms with Crippen molar-refractivity contribution < 1.29 is 22.7 Å². The summed E-state index contributed by atoms with van der Waals surface area (Å²) in [6.07, 6.45) is 3.09. The molecule has 7 nitrogen and oxygen atoms in total. The van der Waals surface area contributed by atoms with Crippen LogP contribution in [0.5, 0.6) is 11.5 Å². The summed E-state index contributed by atoms with van der Waals surface area (Å²) in [6, 6.07) is 18.2. The molecule has 36 heavy (non-hydrogen) atoms. The highest BCUT2D eigenvalue weighted by Crippen LogP contribution is 2.51. The second-order valence-corrected chi connectivity index (χ2v) is 11.3. The van der Waals surface area contributed by atoms with Gasteiger partial charge in [-0.2, -0.15) is 4.31 Å². The zero-order valence-electron chi connectivity index (χ0n) is 20.3. The van der Waals surface area contributed by atoms with Gasteiger partial charge in [-0.1, -0.05) is 30.3 Å². The average molecular weight is 505 g/mol. The Morgan fingerprint density at radius 1 is 1.06 bits per heavy atom. The van der Waals surface area contributed by atoms with E-state index in [2.05, 4.69) is 11.9 Å². The molecule has 0 radical (unpaired) electrons. The van der Waals surface area contributed by atoms with Crippen molar-refractivity contribution in [3.63, 3.8) is 0 Å². The molecule has 0 saturated heterocycles. The summed E-state index contributed by atoms with van der Waals surface area (Å²) in [4.78, 5) is 13.6. The first-order chi connectivity index (χ1) is 17.2. The van der Waals surface area contributed by atoms with Gasteiger partial charge in [0.2, 0.25) is 22.7 Å². The SMILES string of the molecule is C=CCN(C)S(=O)(=O)c1ccc(-c2cc(NC(=O)C3(c4ccc5c(c4)OCO5)CC3)ccc2C)cc1. The monoisotopic (exact) mass is 504 g/mol. The predicted octanol–water partition coefficient (Wildman–Crippen LogP) is 4.87. The molecular formula is C28H28N2O5S. The molecule has 5 rings (SSSR count). The lowest BCUT2D eigenvalue weighted by molar-refractivity contribution is -0.118. The highest BCUT2D eigenvalue weighted by atomic mass is 32.2. The predicted molar refractivity (Wildman–Crippen MR) is 139 cm³/mol. The molecule has 1 aliphatic heterocycles. The minimum atomic E-state index is -3.59. The topological polar surface area (TPSA) is 84.9 Å². The fourth-order valence-corrected chi connectivity index (χ4v) is 5.64. The normalized spacial score (nSPS) is 15.5. The van der Waals surface area contributed by atoms with Crippen LogP contribution in [0.3, 0.4) is 0 Å². The van der Waals surface area contributed by atoms with Gasteiger partial charge in [0.15, 0.2) is 11.5 Å². The van der Waals surface area contributed by atoms with E-state index < -0.39 is 15.4 Å². The first kappa shape index (κ1) is 24.1. The molecule has 1 fully saturated rings. The number of nitrogens with one attached hydrogen (secondary N) is 1. The second kappa shape index (κ2) is 9.11. The Morgan fingerprint density at radius 3 is 2.47 bits per heavy atom. The third-order valence-corrected chi connectivity index (χ3v) is 8.70. The van der Waals surface area contributed by atoms with Crippen LogP contribution in [-0.2, 0) is 20.2 Å². The zero-order valence-corrected chi connectivity index (χ0v) is 21.1. The lowest BCUT2D eigenvalue weighted by Crippen LogP contribution is -2.27. The largest absolute Gasteiger partial charge is 0.454 e. The van der Waals surface area contributed by atoms with Gasteiger partial charge in [0.05, 0.1) is 10.3 Å². The van der Waals surface area contributed by atoms with Crippen LogP contribution in [0.1, 0.15) is 24.0 Å². The second-order valence-electron chi connectivity index (χ2n) is 9.23. The smallest absolute Gasteiger partial charge is 0.243 e. The molecule has 1 N–H and O–H groups in total. The molecule has 0 spiro atoms. The third-order valence-electron chi connectivity index (χ3n) is 6.86. The minimum absolute atomic E-state index is 0.0529. The van der Waals surface area contributed by atoms with E-state index in [1.165, 1.54) is 11.4 Å². The number of anilines is 1. The number of hydrogen-bond donors (Lipinski definition) is 1. The van der Waals surface area contributed by atoms with Crippen LogP contribution in [0, 0.1) is 6.92 Å². The van der Waals surface area contributed by atoms with Gasteiger partial charge >= 0.3 is 0 Å². The quantitative estimate of drug-likeness (QED) is 0.443. The Hall–Kier alpha value is -3.62. The van der Waals surface area contributed by atoms with Crippen LogP contribution in [-0.4, -0.2) is 39.0 Å². The van der Waals surface area contributed by atoms with Gasteiger partial charge in [0.25, 0.3) is 0 Å². The molecular weight excluding hydrogens is 476 g/mol. The van der Waals surface area contributed by atoms with Gasteiger partial charge in [-0.3, -0.25) is 4.79 Å². The number of likely N-dealkylation sites (N-methyl/N-ethyl adjacent to an activating group) is 1. The first-order valence-electron chi connectivity index (χ1n) is 11.7. The zero-order chi connectivity index (χ0) is 25.5. The van der Waals surface area contributed by atoms with E-state index in [4.69, 9.17) is 9.47 Å². The van der Waals surface area contributed by atoms with Crippen molar-refractivity contribution in [3.8, 4) is 22.6 Å². The molecule has 1 aliphatic carbocycles. The molecule has 1 saturated carbocycles. The summed E-state index contributed by atoms with van der Waals surface area (Å²) in [7, 11) is -2.06. The van der Waals surface area contributed by atoms with Crippen molar-refractivity contribution >= 4 is 21.6 Å². The molecule has 3 aromatic rings. The number of amides is 1. The van der Waals surface area contributed by atoms with E-state index in [0.717, 1.165) is 35.1 Å². The number of ether oxygens (including phenoxy) is 2. The summed E-state index contributed by atoms with van der Waals surface area (Å²) < 4.78 is 37.6. The van der Waals surface area contributed by atoms with Gasteiger partial charge < -0.3 is 14.8 Å². The van der Waals surface area contributed by atoms with Gasteiger partial charge in [-0.15, -0.1) is 6.58 Å². The Kier molecular flexibility index (Phi) is 6.10. The van der Waals surface area contributed by atoms with E-state index in [0.29, 0.717) is 17.2 Å². The maximum atomic E-state index is 13.3. The van der Waals surface area contributed by atoms with Crippen molar-refractivity contribution in [2.24, 2.45) is 0 Å². The Balaban J connectivity index is 1.37. The number of carbonyl (C=O) groups is 1. The molecule has 0 aromatic heterocycles. The number of rotatable bonds is 8. The minimum Gasteiger partial charge on any atom is -0.454 e. The summed E-state index contributed by atoms with van der Waals surface area (Å²) >= 11 is 0. The van der Waals surface area contributed by atoms with Crippen LogP contribution in [0.25, 0.3) is 11.1 Å². The maximum Gasteiger partial charge on any atom is 0.243 e. The molecule has 1 amide bonds. The van der Waals surface area contributed by atoms with E-state index in [9.17, 15) is 13.2 Å². The van der Waals surface area contributed by atoms with Crippen LogP contribution in [0.4, 0.5) is 5.69 Å². The summed E-state index contributed by atoms with van der Waals surface area (Å²) in [6.45, 7) is 6.02. The first-order valence-corrected chi connectivity index (χ1v) is 13.2. The fourth-order valence-electron chi connectivity index (χ4n) is 4.49. The number of sulfonamides is 1. The van der Waals surface area contributed by atoms with E-state index in [1.807, 2.05) is 43.3 Å². The number of nitrogens with zero attached hydrogens (tertiary/aromatic N) is 1. The molecule has 186 valence electrons. The Labute approximate surface area is 211 Å². The lowest BCUT2D eigenvalue weighted by Gasteiger charge is -2.18. The molecule has 0 unspecified atom stereocenters. The average Bonchev–Trinajstić information content (AvgIpc) is 3.56. The van der Waals surface area contributed by atoms with Crippen molar-refractivity contribution in [1.29, 1.82) is 0 Å². The summed E-state index contributed by atoms with van der Waals surface area (Å²) in [5.74, 6) is 1.32. The summed E-state index contributed by atoms with van der Waals surface area (Å²) in [5, 5.41) is 3.09. The number of aryl methyl sites for hydroxylation is 1. The van der Waals surface area contributed by atoms with Crippen molar-refractivity contribution in [2.75, 3.05) is 25.7 Å². The molecule has 0 atom stereocenters. The van der Waals surface area contributed by atoms with Crippen LogP contribution >= 0.6 is 0 Å². The van der Waals surface area contributed by atoms with Crippen LogP contribution in [0.15, 0.2) is 78.2 Å². The molecule has 2 aliphatic rings. The van der Waals surface area contributed by atoms with E-state index in [1.54, 1.807) is 30.3 Å². The maximum absolute atomic E-state index is 13.3. The molecule has 8 heteroatoms. The number of carbonyl (C=O) groups excluding carboxylic acids is 1. The highest BCUT2D eigenvalue weighted by Gasteiger charge is 2.51. The summed E-state index contributed by atoms with van der Waals surface area (Å²) in [5.41, 5.74) is 3.85. The van der Waals surface area contributed by atoms with Crippen LogP contribution < -0.4 is 14.8 Å². The van der Waals surface area contributed by atoms with E-state index >= 15 is 0 Å². The van der Waals surface area contributed by atoms with E-state index in [-0.39, 0.29) is 24.1 Å². The highest BCUT2D eigenvalue weighted by molar-refractivity contribution is 7.89. The Morgan fingerprint density at radius 2 is 1.78 bits per heavy atom. The van der Waals surface area contributed by atoms with Gasteiger partial charge in [-0.05, 0) is 78.4 Å². The number of benzene rings is 3. The molecule has 1 heterocycles. The third kappa shape index (κ3) is 4.27. The Bertz CT molecular complexity index is 1440. The van der Waals surface area contributed by atoms with Gasteiger partial charge in [-0.25, -0.2) is 8.42 Å². The fraction of sp³-hybridized carbons (Fsp3) is 0.250. The van der Waals surface area contributed by atoms with Crippen molar-refractivity contribution in [3.05, 3.63) is 84.4 Å². The van der Waals surface area contributed by atoms with Crippen molar-refractivity contribution in [2.45, 2.75) is 30.1 Å². The lowest BCUT2D eigenvalue weighted by atomic mass is 9.94. The number of fused-ring (bicyclic) bond motifs is 1. The molecule has 0 bridgehead atoms.